The third-order valence-electron chi connectivity index (χ3n) is 9.03. The lowest BCUT2D eigenvalue weighted by Gasteiger charge is -2.50. The summed E-state index contributed by atoms with van der Waals surface area (Å²) in [4.78, 5) is 53.5. The number of likely N-dealkylation sites (tertiary alicyclic amines) is 1. The Kier molecular flexibility index (Phi) is 6.98. The molecule has 0 unspecified atom stereocenters. The molecule has 2 aliphatic carbocycles. The lowest BCUT2D eigenvalue weighted by molar-refractivity contribution is -0.140. The second-order valence-electron chi connectivity index (χ2n) is 11.1. The van der Waals surface area contributed by atoms with Crippen molar-refractivity contribution in [3.8, 4) is 11.5 Å². The summed E-state index contributed by atoms with van der Waals surface area (Å²) in [6.45, 7) is 2.13. The summed E-state index contributed by atoms with van der Waals surface area (Å²) >= 11 is 18.1. The number of rotatable bonds is 5. The van der Waals surface area contributed by atoms with Crippen LogP contribution in [0, 0.1) is 23.6 Å². The van der Waals surface area contributed by atoms with Crippen molar-refractivity contribution in [1.29, 1.82) is 0 Å². The van der Waals surface area contributed by atoms with Gasteiger partial charge in [-0.15, -0.1) is 23.2 Å². The zero-order chi connectivity index (χ0) is 30.3. The number of fused-ring (bicyclic) bond motifs is 4. The van der Waals surface area contributed by atoms with E-state index in [0.717, 1.165) is 17.0 Å². The second kappa shape index (κ2) is 10.1. The van der Waals surface area contributed by atoms with Gasteiger partial charge in [0, 0.05) is 22.5 Å². The molecule has 1 saturated carbocycles. The third-order valence-corrected chi connectivity index (χ3v) is 10.9. The van der Waals surface area contributed by atoms with E-state index in [1.165, 1.54) is 30.2 Å². The molecule has 0 spiro atoms. The van der Waals surface area contributed by atoms with Gasteiger partial charge in [-0.3, -0.25) is 24.1 Å². The van der Waals surface area contributed by atoms with Gasteiger partial charge in [-0.2, -0.15) is 0 Å². The number of alkyl halides is 2. The van der Waals surface area contributed by atoms with Crippen molar-refractivity contribution in [3.05, 3.63) is 63.9 Å². The zero-order valence-corrected chi connectivity index (χ0v) is 25.7. The van der Waals surface area contributed by atoms with Gasteiger partial charge in [0.1, 0.15) is 5.82 Å². The number of benzene rings is 2. The fraction of sp³-hybridized carbons (Fsp3) is 0.400. The lowest BCUT2D eigenvalue weighted by Crippen LogP contribution is -2.60. The highest BCUT2D eigenvalue weighted by Gasteiger charge is 2.77. The van der Waals surface area contributed by atoms with Crippen LogP contribution in [0.25, 0.3) is 0 Å². The first-order chi connectivity index (χ1) is 19.9. The lowest BCUT2D eigenvalue weighted by atomic mass is 9.56. The molecule has 3 fully saturated rings. The van der Waals surface area contributed by atoms with E-state index in [-0.39, 0.29) is 54.0 Å². The molecular formula is C30H26BrCl2FN2O6. The Morgan fingerprint density at radius 1 is 1.07 bits per heavy atom. The van der Waals surface area contributed by atoms with Crippen molar-refractivity contribution in [1.82, 2.24) is 4.90 Å². The van der Waals surface area contributed by atoms with Crippen molar-refractivity contribution in [2.75, 3.05) is 18.6 Å². The quantitative estimate of drug-likeness (QED) is 0.262. The van der Waals surface area contributed by atoms with E-state index in [2.05, 4.69) is 15.9 Å². The predicted molar refractivity (Wildman–Crippen MR) is 156 cm³/mol. The summed E-state index contributed by atoms with van der Waals surface area (Å²) in [5.74, 6) is -6.48. The maximum atomic E-state index is 14.4. The van der Waals surface area contributed by atoms with Gasteiger partial charge in [-0.25, -0.2) is 9.29 Å². The smallest absolute Gasteiger partial charge is 0.258 e. The van der Waals surface area contributed by atoms with Crippen LogP contribution in [0.5, 0.6) is 11.5 Å². The minimum Gasteiger partial charge on any atom is -0.504 e. The molecule has 220 valence electrons. The Labute approximate surface area is 259 Å². The molecule has 12 heteroatoms. The van der Waals surface area contributed by atoms with E-state index >= 15 is 0 Å². The van der Waals surface area contributed by atoms with Gasteiger partial charge < -0.3 is 9.84 Å². The second-order valence-corrected chi connectivity index (χ2v) is 13.3. The number of carbonyl (C=O) groups excluding carboxylic acids is 4. The van der Waals surface area contributed by atoms with Crippen LogP contribution in [-0.2, 0) is 19.2 Å². The van der Waals surface area contributed by atoms with Gasteiger partial charge in [0.2, 0.25) is 11.8 Å². The molecule has 2 heterocycles. The highest BCUT2D eigenvalue weighted by atomic mass is 79.9. The number of hydrogen-bond donors (Lipinski definition) is 1. The Balaban J connectivity index is 1.59. The standard InChI is InChI=1S/C30H26BrCl2FN2O6/c1-3-10-35-25(38)18-9-8-17-20(22(18)26(35)39)13-29(32)27(40)36(16-6-4-15(34)5-7-16)28(41)30(29,33)23(17)19-11-14(31)12-21(42-2)24(19)37/h4-8,11-12,18,20,22-23,37H,3,9-10,13H2,1-2H3/t18-,20+,22-,23+,29+,30-/m0/s1. The van der Waals surface area contributed by atoms with Crippen molar-refractivity contribution in [2.45, 2.75) is 41.9 Å². The van der Waals surface area contributed by atoms with Crippen LogP contribution in [0.3, 0.4) is 0 Å². The van der Waals surface area contributed by atoms with Crippen molar-refractivity contribution >= 4 is 68.4 Å². The minimum absolute atomic E-state index is 0.0757. The first-order valence-electron chi connectivity index (χ1n) is 13.5. The number of amides is 4. The van der Waals surface area contributed by atoms with Crippen LogP contribution in [-0.4, -0.2) is 57.0 Å². The Morgan fingerprint density at radius 2 is 1.76 bits per heavy atom. The number of carbonyl (C=O) groups is 4. The van der Waals surface area contributed by atoms with Crippen LogP contribution in [0.1, 0.15) is 37.7 Å². The molecule has 2 saturated heterocycles. The van der Waals surface area contributed by atoms with E-state index in [0.29, 0.717) is 16.5 Å². The van der Waals surface area contributed by atoms with E-state index in [9.17, 15) is 28.7 Å². The third kappa shape index (κ3) is 3.77. The average molecular weight is 680 g/mol. The number of ether oxygens (including phenoxy) is 1. The number of aromatic hydroxyl groups is 1. The van der Waals surface area contributed by atoms with Gasteiger partial charge >= 0.3 is 0 Å². The predicted octanol–water partition coefficient (Wildman–Crippen LogP) is 5.28. The number of phenolic OH excluding ortho intramolecular Hbond substituents is 1. The maximum absolute atomic E-state index is 14.4. The molecule has 2 aliphatic heterocycles. The molecule has 8 nitrogen and oxygen atoms in total. The molecule has 0 bridgehead atoms. The number of methoxy groups -OCH3 is 1. The van der Waals surface area contributed by atoms with Gasteiger partial charge in [0.15, 0.2) is 21.2 Å². The zero-order valence-electron chi connectivity index (χ0n) is 22.6. The molecule has 4 aliphatic rings. The summed E-state index contributed by atoms with van der Waals surface area (Å²) in [5, 5.41) is 11.4. The number of nitrogens with zero attached hydrogens (tertiary/aromatic N) is 2. The van der Waals surface area contributed by atoms with E-state index in [1.807, 2.05) is 6.92 Å². The molecule has 0 radical (unpaired) electrons. The van der Waals surface area contributed by atoms with Crippen LogP contribution in [0.15, 0.2) is 52.5 Å². The number of imide groups is 2. The molecule has 2 aromatic carbocycles. The van der Waals surface area contributed by atoms with Crippen molar-refractivity contribution in [2.24, 2.45) is 17.8 Å². The van der Waals surface area contributed by atoms with E-state index in [1.54, 1.807) is 12.1 Å². The molecule has 42 heavy (non-hydrogen) atoms. The highest BCUT2D eigenvalue weighted by molar-refractivity contribution is 9.10. The van der Waals surface area contributed by atoms with Gasteiger partial charge in [-0.1, -0.05) is 34.5 Å². The minimum atomic E-state index is -2.16. The highest BCUT2D eigenvalue weighted by Crippen LogP contribution is 2.67. The fourth-order valence-corrected chi connectivity index (χ4v) is 8.60. The summed E-state index contributed by atoms with van der Waals surface area (Å²) in [5.41, 5.74) is 0.784. The van der Waals surface area contributed by atoms with Gasteiger partial charge in [0.25, 0.3) is 11.8 Å². The summed E-state index contributed by atoms with van der Waals surface area (Å²) in [6.07, 6.45) is 2.40. The molecule has 4 amide bonds. The van der Waals surface area contributed by atoms with Crippen LogP contribution in [0.2, 0.25) is 0 Å². The number of hydrogen-bond acceptors (Lipinski definition) is 6. The molecule has 6 rings (SSSR count). The van der Waals surface area contributed by atoms with Crippen LogP contribution in [0.4, 0.5) is 10.1 Å². The first kappa shape index (κ1) is 29.1. The summed E-state index contributed by atoms with van der Waals surface area (Å²) < 4.78 is 19.6. The largest absolute Gasteiger partial charge is 0.504 e. The SMILES string of the molecule is CCCN1C(=O)[C@H]2[C@H](CC=C3[C@H]2C[C@@]2(Cl)C(=O)N(c4ccc(F)cc4)C(=O)[C@@]2(Cl)[C@H]3c2cc(Br)cc(OC)c2O)C1=O. The molecule has 0 aromatic heterocycles. The van der Waals surface area contributed by atoms with Crippen LogP contribution < -0.4 is 9.64 Å². The molecule has 6 atom stereocenters. The fourth-order valence-electron chi connectivity index (χ4n) is 7.22. The topological polar surface area (TPSA) is 104 Å². The van der Waals surface area contributed by atoms with Gasteiger partial charge in [0.05, 0.1) is 24.6 Å². The first-order valence-corrected chi connectivity index (χ1v) is 15.1. The number of anilines is 1. The maximum Gasteiger partial charge on any atom is 0.258 e. The molecule has 1 N–H and O–H groups in total. The number of phenols is 1. The summed E-state index contributed by atoms with van der Waals surface area (Å²) in [6, 6.07) is 7.89. The Hall–Kier alpha value is -2.95. The van der Waals surface area contributed by atoms with Crippen molar-refractivity contribution < 1.29 is 33.4 Å². The number of allylic oxidation sites excluding steroid dienone is 2. The monoisotopic (exact) mass is 678 g/mol. The number of halogens is 4. The normalized spacial score (nSPS) is 32.1. The van der Waals surface area contributed by atoms with Crippen LogP contribution >= 0.6 is 39.1 Å². The van der Waals surface area contributed by atoms with Gasteiger partial charge in [-0.05, 0) is 61.6 Å². The molecular weight excluding hydrogens is 654 g/mol. The summed E-state index contributed by atoms with van der Waals surface area (Å²) in [7, 11) is 1.37. The Morgan fingerprint density at radius 3 is 2.40 bits per heavy atom. The van der Waals surface area contributed by atoms with E-state index in [4.69, 9.17) is 27.9 Å². The Bertz CT molecular complexity index is 1580. The van der Waals surface area contributed by atoms with E-state index < -0.39 is 51.1 Å². The average Bonchev–Trinajstić information content (AvgIpc) is 3.29. The molecule has 2 aromatic rings. The van der Waals surface area contributed by atoms with Crippen molar-refractivity contribution in [3.63, 3.8) is 0 Å².